The number of pyridine rings is 1. The molecule has 0 spiro atoms. The van der Waals surface area contributed by atoms with Crippen LogP contribution in [0, 0.1) is 5.92 Å². The molecule has 2 rings (SSSR count). The van der Waals surface area contributed by atoms with Crippen LogP contribution in [0.3, 0.4) is 0 Å². The van der Waals surface area contributed by atoms with Crippen LogP contribution in [0.2, 0.25) is 0 Å². The molecular weight excluding hydrogens is 260 g/mol. The molecule has 2 unspecified atom stereocenters. The van der Waals surface area contributed by atoms with Crippen LogP contribution in [0.5, 0.6) is 0 Å². The van der Waals surface area contributed by atoms with Crippen molar-refractivity contribution < 1.29 is 14.4 Å². The van der Waals surface area contributed by atoms with Crippen LogP contribution in [0.25, 0.3) is 0 Å². The highest BCUT2D eigenvalue weighted by Gasteiger charge is 2.33. The minimum atomic E-state index is -0.559. The number of imide groups is 1. The Morgan fingerprint density at radius 1 is 1.40 bits per heavy atom. The highest BCUT2D eigenvalue weighted by atomic mass is 16.2. The van der Waals surface area contributed by atoms with Gasteiger partial charge in [-0.1, -0.05) is 6.07 Å². The van der Waals surface area contributed by atoms with E-state index in [4.69, 9.17) is 0 Å². The van der Waals surface area contributed by atoms with Crippen molar-refractivity contribution in [3.63, 3.8) is 0 Å². The van der Waals surface area contributed by atoms with Crippen molar-refractivity contribution in [1.29, 1.82) is 0 Å². The number of rotatable bonds is 4. The lowest BCUT2D eigenvalue weighted by Crippen LogP contribution is -2.57. The Morgan fingerprint density at radius 3 is 2.85 bits per heavy atom. The summed E-state index contributed by atoms with van der Waals surface area (Å²) in [6.45, 7) is 2.02. The molecule has 3 N–H and O–H groups in total. The van der Waals surface area contributed by atoms with E-state index in [1.54, 1.807) is 25.3 Å². The van der Waals surface area contributed by atoms with Crippen molar-refractivity contribution in [1.82, 2.24) is 20.9 Å². The number of urea groups is 1. The molecule has 7 heteroatoms. The third kappa shape index (κ3) is 3.53. The van der Waals surface area contributed by atoms with Crippen molar-refractivity contribution in [2.24, 2.45) is 5.92 Å². The number of carbonyl (C=O) groups excluding carboxylic acids is 3. The molecule has 1 aliphatic heterocycles. The van der Waals surface area contributed by atoms with Gasteiger partial charge in [0.2, 0.25) is 11.8 Å². The summed E-state index contributed by atoms with van der Waals surface area (Å²) in [5.41, 5.74) is 0.746. The van der Waals surface area contributed by atoms with Crippen LogP contribution in [-0.2, 0) is 16.1 Å². The second-order valence-corrected chi connectivity index (χ2v) is 4.66. The maximum absolute atomic E-state index is 11.8. The normalized spacial score (nSPS) is 21.9. The van der Waals surface area contributed by atoms with Gasteiger partial charge in [-0.15, -0.1) is 0 Å². The molecule has 0 aromatic carbocycles. The predicted molar refractivity (Wildman–Crippen MR) is 70.3 cm³/mol. The molecule has 2 heterocycles. The lowest BCUT2D eigenvalue weighted by atomic mass is 9.94. The number of nitrogens with zero attached hydrogens (tertiary/aromatic N) is 1. The summed E-state index contributed by atoms with van der Waals surface area (Å²) in [5, 5.41) is 7.44. The highest BCUT2D eigenvalue weighted by molar-refractivity contribution is 6.00. The molecular formula is C13H16N4O3. The van der Waals surface area contributed by atoms with Crippen molar-refractivity contribution in [3.8, 4) is 0 Å². The summed E-state index contributed by atoms with van der Waals surface area (Å²) >= 11 is 0. The van der Waals surface area contributed by atoms with E-state index >= 15 is 0 Å². The third-order valence-corrected chi connectivity index (χ3v) is 3.13. The van der Waals surface area contributed by atoms with Gasteiger partial charge in [0.05, 0.1) is 18.2 Å². The monoisotopic (exact) mass is 276 g/mol. The van der Waals surface area contributed by atoms with E-state index in [1.807, 2.05) is 6.07 Å². The Bertz CT molecular complexity index is 518. The average molecular weight is 276 g/mol. The molecule has 0 radical (unpaired) electrons. The Hall–Kier alpha value is -2.44. The van der Waals surface area contributed by atoms with Crippen molar-refractivity contribution in [2.45, 2.75) is 25.9 Å². The van der Waals surface area contributed by atoms with E-state index in [1.165, 1.54) is 0 Å². The van der Waals surface area contributed by atoms with Gasteiger partial charge in [0.15, 0.2) is 0 Å². The summed E-state index contributed by atoms with van der Waals surface area (Å²) < 4.78 is 0. The van der Waals surface area contributed by atoms with Crippen LogP contribution in [-0.4, -0.2) is 28.9 Å². The maximum atomic E-state index is 11.8. The topological polar surface area (TPSA) is 100 Å². The molecule has 0 bridgehead atoms. The van der Waals surface area contributed by atoms with Crippen molar-refractivity contribution in [2.75, 3.05) is 0 Å². The number of hydrogen-bond acceptors (Lipinski definition) is 4. The van der Waals surface area contributed by atoms with Crippen LogP contribution >= 0.6 is 0 Å². The molecule has 1 aromatic heterocycles. The molecule has 1 fully saturated rings. The van der Waals surface area contributed by atoms with Crippen LogP contribution in [0.15, 0.2) is 24.4 Å². The highest BCUT2D eigenvalue weighted by Crippen LogP contribution is 2.12. The number of nitrogens with one attached hydrogen (secondary N) is 3. The standard InChI is InChI=1S/C13H16N4O3/c1-8-10(12(19)17-13(20)16-8)6-11(18)15-7-9-4-2-3-5-14-9/h2-5,8,10H,6-7H2,1H3,(H,15,18)(H2,16,17,19,20). The van der Waals surface area contributed by atoms with Crippen molar-refractivity contribution >= 4 is 17.8 Å². The largest absolute Gasteiger partial charge is 0.350 e. The molecule has 2 atom stereocenters. The first-order valence-corrected chi connectivity index (χ1v) is 6.34. The number of amides is 4. The van der Waals surface area contributed by atoms with Crippen LogP contribution in [0.4, 0.5) is 4.79 Å². The second kappa shape index (κ2) is 6.14. The minimum absolute atomic E-state index is 0.0279. The van der Waals surface area contributed by atoms with Crippen LogP contribution in [0.1, 0.15) is 19.0 Å². The summed E-state index contributed by atoms with van der Waals surface area (Å²) in [7, 11) is 0. The lowest BCUT2D eigenvalue weighted by molar-refractivity contribution is -0.131. The summed E-state index contributed by atoms with van der Waals surface area (Å²) in [6, 6.07) is 4.55. The van der Waals surface area contributed by atoms with Gasteiger partial charge >= 0.3 is 6.03 Å². The fraction of sp³-hybridized carbons (Fsp3) is 0.385. The van der Waals surface area contributed by atoms with Gasteiger partial charge in [-0.25, -0.2) is 4.79 Å². The Morgan fingerprint density at radius 2 is 2.20 bits per heavy atom. The van der Waals surface area contributed by atoms with Gasteiger partial charge in [0.1, 0.15) is 0 Å². The predicted octanol–water partition coefficient (Wildman–Crippen LogP) is -0.0680. The van der Waals surface area contributed by atoms with Gasteiger partial charge in [0.25, 0.3) is 0 Å². The van der Waals surface area contributed by atoms with Gasteiger partial charge in [-0.05, 0) is 19.1 Å². The molecule has 1 aliphatic rings. The van der Waals surface area contributed by atoms with E-state index in [-0.39, 0.29) is 18.4 Å². The Kier molecular flexibility index (Phi) is 4.29. The number of aromatic nitrogens is 1. The van der Waals surface area contributed by atoms with E-state index in [0.29, 0.717) is 6.54 Å². The van der Waals surface area contributed by atoms with E-state index in [0.717, 1.165) is 5.69 Å². The first-order valence-electron chi connectivity index (χ1n) is 6.34. The van der Waals surface area contributed by atoms with Gasteiger partial charge < -0.3 is 10.6 Å². The molecule has 0 aliphatic carbocycles. The molecule has 106 valence electrons. The van der Waals surface area contributed by atoms with E-state index < -0.39 is 17.9 Å². The molecule has 7 nitrogen and oxygen atoms in total. The first-order chi connectivity index (χ1) is 9.56. The van der Waals surface area contributed by atoms with Crippen molar-refractivity contribution in [3.05, 3.63) is 30.1 Å². The number of carbonyl (C=O) groups is 3. The van der Waals surface area contributed by atoms with E-state index in [9.17, 15) is 14.4 Å². The molecule has 4 amide bonds. The Balaban J connectivity index is 1.85. The SMILES string of the molecule is CC1NC(=O)NC(=O)C1CC(=O)NCc1ccccn1. The third-order valence-electron chi connectivity index (χ3n) is 3.13. The summed E-state index contributed by atoms with van der Waals surface area (Å²) in [6.07, 6.45) is 1.67. The zero-order valence-electron chi connectivity index (χ0n) is 11.1. The van der Waals surface area contributed by atoms with E-state index in [2.05, 4.69) is 20.9 Å². The fourth-order valence-corrected chi connectivity index (χ4v) is 2.01. The molecule has 20 heavy (non-hydrogen) atoms. The lowest BCUT2D eigenvalue weighted by Gasteiger charge is -2.28. The second-order valence-electron chi connectivity index (χ2n) is 4.66. The van der Waals surface area contributed by atoms with Gasteiger partial charge in [-0.2, -0.15) is 0 Å². The fourth-order valence-electron chi connectivity index (χ4n) is 2.01. The minimum Gasteiger partial charge on any atom is -0.350 e. The molecule has 1 aromatic rings. The average Bonchev–Trinajstić information content (AvgIpc) is 2.42. The summed E-state index contributed by atoms with van der Waals surface area (Å²) in [5.74, 6) is -1.23. The van der Waals surface area contributed by atoms with Gasteiger partial charge in [-0.3, -0.25) is 19.9 Å². The van der Waals surface area contributed by atoms with Crippen LogP contribution < -0.4 is 16.0 Å². The Labute approximate surface area is 116 Å². The quantitative estimate of drug-likeness (QED) is 0.716. The first kappa shape index (κ1) is 14.0. The maximum Gasteiger partial charge on any atom is 0.321 e. The zero-order valence-corrected chi connectivity index (χ0v) is 11.1. The van der Waals surface area contributed by atoms with Gasteiger partial charge in [0, 0.05) is 18.7 Å². The molecule has 0 saturated carbocycles. The zero-order chi connectivity index (χ0) is 14.5. The molecule has 1 saturated heterocycles. The summed E-state index contributed by atoms with van der Waals surface area (Å²) in [4.78, 5) is 38.6. The number of hydrogen-bond donors (Lipinski definition) is 3. The smallest absolute Gasteiger partial charge is 0.321 e.